The molecule has 0 fully saturated rings. The Hall–Kier alpha value is -2.33. The van der Waals surface area contributed by atoms with Gasteiger partial charge in [0.05, 0.1) is 6.04 Å². The first-order chi connectivity index (χ1) is 10.1. The third kappa shape index (κ3) is 4.93. The lowest BCUT2D eigenvalue weighted by Crippen LogP contribution is -2.38. The highest BCUT2D eigenvalue weighted by atomic mass is 16.5. The van der Waals surface area contributed by atoms with Crippen LogP contribution >= 0.6 is 0 Å². The lowest BCUT2D eigenvalue weighted by molar-refractivity contribution is -0.119. The summed E-state index contributed by atoms with van der Waals surface area (Å²) >= 11 is 0. The molecular formula is C17H20N2O2. The van der Waals surface area contributed by atoms with E-state index in [0.717, 1.165) is 16.9 Å². The molecule has 0 aliphatic heterocycles. The summed E-state index contributed by atoms with van der Waals surface area (Å²) in [5, 5.41) is 3.06. The lowest BCUT2D eigenvalue weighted by Gasteiger charge is -2.11. The second kappa shape index (κ2) is 7.45. The molecule has 2 rings (SSSR count). The van der Waals surface area contributed by atoms with E-state index < -0.39 is 0 Å². The van der Waals surface area contributed by atoms with E-state index in [1.165, 1.54) is 0 Å². The van der Waals surface area contributed by atoms with E-state index in [2.05, 4.69) is 5.32 Å². The minimum Gasteiger partial charge on any atom is -0.489 e. The van der Waals surface area contributed by atoms with Crippen molar-refractivity contribution in [1.29, 1.82) is 0 Å². The molecule has 1 atom stereocenters. The van der Waals surface area contributed by atoms with Crippen LogP contribution in [0.3, 0.4) is 0 Å². The molecule has 0 heterocycles. The number of hydrogen-bond acceptors (Lipinski definition) is 3. The lowest BCUT2D eigenvalue weighted by atomic mass is 10.2. The molecule has 0 spiro atoms. The van der Waals surface area contributed by atoms with Crippen molar-refractivity contribution in [1.82, 2.24) is 5.32 Å². The third-order valence-corrected chi connectivity index (χ3v) is 3.21. The molecule has 21 heavy (non-hydrogen) atoms. The number of amides is 1. The Balaban J connectivity index is 1.83. The van der Waals surface area contributed by atoms with Crippen LogP contribution in [-0.4, -0.2) is 11.9 Å². The van der Waals surface area contributed by atoms with Gasteiger partial charge in [-0.3, -0.25) is 4.79 Å². The normalized spacial score (nSPS) is 11.9. The first-order valence-electron chi connectivity index (χ1n) is 6.93. The largest absolute Gasteiger partial charge is 0.489 e. The van der Waals surface area contributed by atoms with Crippen molar-refractivity contribution in [2.45, 2.75) is 26.1 Å². The molecule has 0 radical (unpaired) electrons. The summed E-state index contributed by atoms with van der Waals surface area (Å²) in [6.07, 6.45) is 0. The Kier molecular flexibility index (Phi) is 5.35. The molecule has 0 aliphatic carbocycles. The Labute approximate surface area is 124 Å². The molecule has 0 saturated carbocycles. The number of ether oxygens (including phenoxy) is 1. The minimum atomic E-state index is -0.349. The van der Waals surface area contributed by atoms with Crippen LogP contribution < -0.4 is 15.8 Å². The molecule has 0 bridgehead atoms. The SMILES string of the molecule is CC(NCc1ccc(OCc2ccccc2)cc1)C(N)=O. The topological polar surface area (TPSA) is 64.3 Å². The standard InChI is InChI=1S/C17H20N2O2/c1-13(17(18)20)19-11-14-7-9-16(10-8-14)21-12-15-5-3-2-4-6-15/h2-10,13,19H,11-12H2,1H3,(H2,18,20). The number of primary amides is 1. The summed E-state index contributed by atoms with van der Waals surface area (Å²) in [7, 11) is 0. The summed E-state index contributed by atoms with van der Waals surface area (Å²) in [5.41, 5.74) is 7.41. The molecular weight excluding hydrogens is 264 g/mol. The van der Waals surface area contributed by atoms with Crippen molar-refractivity contribution in [2.75, 3.05) is 0 Å². The number of nitrogens with one attached hydrogen (secondary N) is 1. The predicted octanol–water partition coefficient (Wildman–Crippen LogP) is 2.23. The molecule has 0 saturated heterocycles. The van der Waals surface area contributed by atoms with Crippen molar-refractivity contribution < 1.29 is 9.53 Å². The van der Waals surface area contributed by atoms with Crippen LogP contribution in [0.5, 0.6) is 5.75 Å². The average Bonchev–Trinajstić information content (AvgIpc) is 2.52. The van der Waals surface area contributed by atoms with Crippen molar-refractivity contribution in [3.8, 4) is 5.75 Å². The van der Waals surface area contributed by atoms with Gasteiger partial charge in [-0.25, -0.2) is 0 Å². The zero-order valence-corrected chi connectivity index (χ0v) is 12.1. The first-order valence-corrected chi connectivity index (χ1v) is 6.93. The fraction of sp³-hybridized carbons (Fsp3) is 0.235. The fourth-order valence-electron chi connectivity index (χ4n) is 1.82. The van der Waals surface area contributed by atoms with E-state index in [0.29, 0.717) is 13.2 Å². The van der Waals surface area contributed by atoms with E-state index in [1.807, 2.05) is 54.6 Å². The van der Waals surface area contributed by atoms with Crippen LogP contribution in [0.25, 0.3) is 0 Å². The average molecular weight is 284 g/mol. The van der Waals surface area contributed by atoms with Crippen molar-refractivity contribution in [3.05, 3.63) is 65.7 Å². The van der Waals surface area contributed by atoms with Crippen LogP contribution in [0.15, 0.2) is 54.6 Å². The highest BCUT2D eigenvalue weighted by Gasteiger charge is 2.06. The van der Waals surface area contributed by atoms with Crippen LogP contribution in [-0.2, 0) is 17.9 Å². The Morgan fingerprint density at radius 3 is 2.38 bits per heavy atom. The van der Waals surface area contributed by atoms with E-state index >= 15 is 0 Å². The van der Waals surface area contributed by atoms with Crippen molar-refractivity contribution >= 4 is 5.91 Å². The summed E-state index contributed by atoms with van der Waals surface area (Å²) in [6, 6.07) is 17.5. The Morgan fingerprint density at radius 2 is 1.76 bits per heavy atom. The molecule has 0 aromatic heterocycles. The van der Waals surface area contributed by atoms with Gasteiger partial charge in [0, 0.05) is 6.54 Å². The van der Waals surface area contributed by atoms with Gasteiger partial charge in [0.25, 0.3) is 0 Å². The number of rotatable bonds is 7. The van der Waals surface area contributed by atoms with Gasteiger partial charge in [-0.2, -0.15) is 0 Å². The second-order valence-corrected chi connectivity index (χ2v) is 4.92. The maximum absolute atomic E-state index is 10.9. The fourth-order valence-corrected chi connectivity index (χ4v) is 1.82. The van der Waals surface area contributed by atoms with E-state index in [9.17, 15) is 4.79 Å². The molecule has 4 heteroatoms. The smallest absolute Gasteiger partial charge is 0.234 e. The minimum absolute atomic E-state index is 0.334. The van der Waals surface area contributed by atoms with Gasteiger partial charge in [0.15, 0.2) is 0 Å². The second-order valence-electron chi connectivity index (χ2n) is 4.92. The molecule has 1 amide bonds. The van der Waals surface area contributed by atoms with Gasteiger partial charge in [-0.1, -0.05) is 42.5 Å². The summed E-state index contributed by atoms with van der Waals surface area (Å²) in [4.78, 5) is 10.9. The van der Waals surface area contributed by atoms with Gasteiger partial charge in [-0.15, -0.1) is 0 Å². The summed E-state index contributed by atoms with van der Waals surface area (Å²) in [6.45, 7) is 2.90. The number of nitrogens with two attached hydrogens (primary N) is 1. The quantitative estimate of drug-likeness (QED) is 0.819. The van der Waals surface area contributed by atoms with Gasteiger partial charge in [0.2, 0.25) is 5.91 Å². The van der Waals surface area contributed by atoms with E-state index in [4.69, 9.17) is 10.5 Å². The van der Waals surface area contributed by atoms with Gasteiger partial charge in [0.1, 0.15) is 12.4 Å². The monoisotopic (exact) mass is 284 g/mol. The molecule has 3 N–H and O–H groups in total. The highest BCUT2D eigenvalue weighted by molar-refractivity contribution is 5.79. The maximum Gasteiger partial charge on any atom is 0.234 e. The highest BCUT2D eigenvalue weighted by Crippen LogP contribution is 2.14. The van der Waals surface area contributed by atoms with Gasteiger partial charge < -0.3 is 15.8 Å². The molecule has 0 aliphatic rings. The Morgan fingerprint density at radius 1 is 1.10 bits per heavy atom. The van der Waals surface area contributed by atoms with Crippen LogP contribution in [0.2, 0.25) is 0 Å². The van der Waals surface area contributed by atoms with Crippen molar-refractivity contribution in [2.24, 2.45) is 5.73 Å². The third-order valence-electron chi connectivity index (χ3n) is 3.21. The molecule has 110 valence electrons. The number of benzene rings is 2. The molecule has 1 unspecified atom stereocenters. The van der Waals surface area contributed by atoms with Crippen LogP contribution in [0, 0.1) is 0 Å². The van der Waals surface area contributed by atoms with E-state index in [1.54, 1.807) is 6.92 Å². The predicted molar refractivity (Wildman–Crippen MR) is 82.7 cm³/mol. The zero-order chi connectivity index (χ0) is 15.1. The zero-order valence-electron chi connectivity index (χ0n) is 12.1. The number of carbonyl (C=O) groups excluding carboxylic acids is 1. The van der Waals surface area contributed by atoms with Crippen LogP contribution in [0.4, 0.5) is 0 Å². The molecule has 4 nitrogen and oxygen atoms in total. The first kappa shape index (κ1) is 15.1. The Bertz CT molecular complexity index is 567. The molecule has 2 aromatic carbocycles. The van der Waals surface area contributed by atoms with Crippen LogP contribution in [0.1, 0.15) is 18.1 Å². The summed E-state index contributed by atoms with van der Waals surface area (Å²) < 4.78 is 5.72. The maximum atomic E-state index is 10.9. The van der Waals surface area contributed by atoms with Gasteiger partial charge >= 0.3 is 0 Å². The number of hydrogen-bond donors (Lipinski definition) is 2. The van der Waals surface area contributed by atoms with Crippen molar-refractivity contribution in [3.63, 3.8) is 0 Å². The van der Waals surface area contributed by atoms with Gasteiger partial charge in [-0.05, 0) is 30.2 Å². The summed E-state index contributed by atoms with van der Waals surface area (Å²) in [5.74, 6) is 0.475. The molecule has 2 aromatic rings. The number of carbonyl (C=O) groups is 1. The van der Waals surface area contributed by atoms with E-state index in [-0.39, 0.29) is 11.9 Å².